The number of carbonyl (C=O) groups excluding carboxylic acids is 1. The molecule has 1 aromatic rings. The van der Waals surface area contributed by atoms with E-state index in [1.807, 2.05) is 11.8 Å². The predicted octanol–water partition coefficient (Wildman–Crippen LogP) is 0.608. The van der Waals surface area contributed by atoms with E-state index in [0.29, 0.717) is 23.8 Å². The van der Waals surface area contributed by atoms with E-state index in [2.05, 4.69) is 21.8 Å². The molecule has 1 fully saturated rings. The fourth-order valence-corrected chi connectivity index (χ4v) is 2.86. The van der Waals surface area contributed by atoms with Crippen LogP contribution in [-0.2, 0) is 0 Å². The van der Waals surface area contributed by atoms with Crippen molar-refractivity contribution in [3.8, 4) is 0 Å². The molecule has 7 heteroatoms. The number of amides is 1. The number of hydrogen-bond acceptors (Lipinski definition) is 5. The number of carbonyl (C=O) groups is 1. The van der Waals surface area contributed by atoms with Gasteiger partial charge in [-0.3, -0.25) is 14.7 Å². The Morgan fingerprint density at radius 3 is 2.48 bits per heavy atom. The topological polar surface area (TPSA) is 75.3 Å². The van der Waals surface area contributed by atoms with E-state index < -0.39 is 0 Å². The molecule has 0 aromatic carbocycles. The molecule has 0 aliphatic carbocycles. The zero-order valence-corrected chi connectivity index (χ0v) is 13.3. The lowest BCUT2D eigenvalue weighted by atomic mass is 10.1. The lowest BCUT2D eigenvalue weighted by Gasteiger charge is -2.38. The molecule has 0 saturated carbocycles. The Morgan fingerprint density at radius 1 is 1.33 bits per heavy atom. The van der Waals surface area contributed by atoms with Crippen LogP contribution in [-0.4, -0.2) is 62.9 Å². The summed E-state index contributed by atoms with van der Waals surface area (Å²) >= 11 is 5.10. The van der Waals surface area contributed by atoms with Gasteiger partial charge in [-0.2, -0.15) is 0 Å². The van der Waals surface area contributed by atoms with Crippen LogP contribution in [0, 0.1) is 6.92 Å². The normalized spacial score (nSPS) is 17.5. The molecule has 2 rings (SSSR count). The Labute approximate surface area is 130 Å². The van der Waals surface area contributed by atoms with Crippen molar-refractivity contribution in [3.05, 3.63) is 23.8 Å². The molecule has 0 bridgehead atoms. The zero-order chi connectivity index (χ0) is 15.4. The van der Waals surface area contributed by atoms with Gasteiger partial charge in [-0.1, -0.05) is 19.1 Å². The number of hydrogen-bond donors (Lipinski definition) is 1. The first-order chi connectivity index (χ1) is 10.0. The molecule has 2 heterocycles. The molecule has 21 heavy (non-hydrogen) atoms. The van der Waals surface area contributed by atoms with Crippen molar-refractivity contribution in [3.63, 3.8) is 0 Å². The second-order valence-electron chi connectivity index (χ2n) is 5.20. The molecule has 6 nitrogen and oxygen atoms in total. The second-order valence-corrected chi connectivity index (χ2v) is 5.67. The number of nitrogens with zero attached hydrogens (tertiary/aromatic N) is 4. The standard InChI is InChI=1S/C14H21N5OS/c1-3-12(13(15)21)18-4-6-19(7-5-18)14(20)11-9-16-10(2)8-17-11/h8-9,12H,3-7H2,1-2H3,(H2,15,21). The first-order valence-electron chi connectivity index (χ1n) is 7.14. The molecule has 0 spiro atoms. The number of thiocarbonyl (C=S) groups is 1. The monoisotopic (exact) mass is 307 g/mol. The van der Waals surface area contributed by atoms with Crippen molar-refractivity contribution in [1.29, 1.82) is 0 Å². The van der Waals surface area contributed by atoms with Crippen molar-refractivity contribution in [1.82, 2.24) is 19.8 Å². The summed E-state index contributed by atoms with van der Waals surface area (Å²) in [6.07, 6.45) is 4.05. The van der Waals surface area contributed by atoms with Crippen LogP contribution in [0.1, 0.15) is 29.5 Å². The van der Waals surface area contributed by atoms with Crippen molar-refractivity contribution in [2.45, 2.75) is 26.3 Å². The number of aryl methyl sites for hydroxylation is 1. The third-order valence-corrected chi connectivity index (χ3v) is 4.03. The molecule has 2 N–H and O–H groups in total. The van der Waals surface area contributed by atoms with Gasteiger partial charge in [-0.25, -0.2) is 4.98 Å². The van der Waals surface area contributed by atoms with E-state index in [-0.39, 0.29) is 11.9 Å². The van der Waals surface area contributed by atoms with Gasteiger partial charge in [0.15, 0.2) is 0 Å². The second kappa shape index (κ2) is 6.91. The Morgan fingerprint density at radius 2 is 2.00 bits per heavy atom. The van der Waals surface area contributed by atoms with Crippen LogP contribution in [0.4, 0.5) is 0 Å². The summed E-state index contributed by atoms with van der Waals surface area (Å²) in [4.78, 5) is 25.2. The molecule has 1 aliphatic heterocycles. The van der Waals surface area contributed by atoms with Crippen molar-refractivity contribution < 1.29 is 4.79 Å². The number of rotatable bonds is 4. The number of piperazine rings is 1. The van der Waals surface area contributed by atoms with Crippen LogP contribution in [0.2, 0.25) is 0 Å². The zero-order valence-electron chi connectivity index (χ0n) is 12.5. The molecule has 114 valence electrons. The van der Waals surface area contributed by atoms with Crippen LogP contribution >= 0.6 is 12.2 Å². The van der Waals surface area contributed by atoms with Crippen LogP contribution < -0.4 is 5.73 Å². The van der Waals surface area contributed by atoms with Gasteiger partial charge in [0.2, 0.25) is 0 Å². The summed E-state index contributed by atoms with van der Waals surface area (Å²) in [6, 6.07) is 0.122. The maximum atomic E-state index is 12.3. The van der Waals surface area contributed by atoms with Gasteiger partial charge >= 0.3 is 0 Å². The van der Waals surface area contributed by atoms with E-state index in [1.165, 1.54) is 6.20 Å². The fraction of sp³-hybridized carbons (Fsp3) is 0.571. The van der Waals surface area contributed by atoms with E-state index in [4.69, 9.17) is 18.0 Å². The van der Waals surface area contributed by atoms with E-state index in [1.54, 1.807) is 6.20 Å². The summed E-state index contributed by atoms with van der Waals surface area (Å²) in [6.45, 7) is 6.80. The Hall–Kier alpha value is -1.60. The molecular weight excluding hydrogens is 286 g/mol. The third-order valence-electron chi connectivity index (χ3n) is 3.76. The number of aromatic nitrogens is 2. The summed E-state index contributed by atoms with van der Waals surface area (Å²) in [5.74, 6) is -0.0643. The summed E-state index contributed by atoms with van der Waals surface area (Å²) in [5, 5.41) is 0. The maximum absolute atomic E-state index is 12.3. The minimum atomic E-state index is -0.0643. The predicted molar refractivity (Wildman–Crippen MR) is 85.1 cm³/mol. The largest absolute Gasteiger partial charge is 0.392 e. The van der Waals surface area contributed by atoms with Crippen molar-refractivity contribution >= 4 is 23.1 Å². The van der Waals surface area contributed by atoms with Crippen LogP contribution in [0.3, 0.4) is 0 Å². The maximum Gasteiger partial charge on any atom is 0.274 e. The van der Waals surface area contributed by atoms with E-state index in [0.717, 1.165) is 25.2 Å². The van der Waals surface area contributed by atoms with E-state index >= 15 is 0 Å². The first-order valence-corrected chi connectivity index (χ1v) is 7.55. The average molecular weight is 307 g/mol. The smallest absolute Gasteiger partial charge is 0.274 e. The van der Waals surface area contributed by atoms with Gasteiger partial charge in [-0.05, 0) is 13.3 Å². The summed E-state index contributed by atoms with van der Waals surface area (Å²) in [5.41, 5.74) is 6.97. The van der Waals surface area contributed by atoms with Gasteiger partial charge in [0.05, 0.1) is 22.9 Å². The average Bonchev–Trinajstić information content (AvgIpc) is 2.48. The van der Waals surface area contributed by atoms with Gasteiger partial charge < -0.3 is 10.6 Å². The lowest BCUT2D eigenvalue weighted by Crippen LogP contribution is -2.54. The molecule has 1 saturated heterocycles. The molecule has 1 atom stereocenters. The minimum absolute atomic E-state index is 0.0643. The molecule has 1 amide bonds. The molecule has 0 radical (unpaired) electrons. The SMILES string of the molecule is CCC(C(N)=S)N1CCN(C(=O)c2cnc(C)cn2)CC1. The van der Waals surface area contributed by atoms with Crippen molar-refractivity contribution in [2.24, 2.45) is 5.73 Å². The quantitative estimate of drug-likeness (QED) is 0.821. The fourth-order valence-electron chi connectivity index (χ4n) is 2.54. The number of nitrogens with two attached hydrogens (primary N) is 1. The Bertz CT molecular complexity index is 511. The molecule has 1 unspecified atom stereocenters. The molecule has 1 aromatic heterocycles. The molecular formula is C14H21N5OS. The highest BCUT2D eigenvalue weighted by Gasteiger charge is 2.27. The Balaban J connectivity index is 1.96. The third kappa shape index (κ3) is 3.74. The van der Waals surface area contributed by atoms with Gasteiger partial charge in [0.25, 0.3) is 5.91 Å². The van der Waals surface area contributed by atoms with Crippen LogP contribution in [0.15, 0.2) is 12.4 Å². The van der Waals surface area contributed by atoms with E-state index in [9.17, 15) is 4.79 Å². The van der Waals surface area contributed by atoms with Crippen LogP contribution in [0.25, 0.3) is 0 Å². The Kier molecular flexibility index (Phi) is 5.19. The van der Waals surface area contributed by atoms with Gasteiger partial charge in [-0.15, -0.1) is 0 Å². The van der Waals surface area contributed by atoms with Gasteiger partial charge in [0, 0.05) is 32.4 Å². The lowest BCUT2D eigenvalue weighted by molar-refractivity contribution is 0.0605. The minimum Gasteiger partial charge on any atom is -0.392 e. The highest BCUT2D eigenvalue weighted by molar-refractivity contribution is 7.80. The van der Waals surface area contributed by atoms with Gasteiger partial charge in [0.1, 0.15) is 5.69 Å². The summed E-state index contributed by atoms with van der Waals surface area (Å²) in [7, 11) is 0. The molecule has 1 aliphatic rings. The van der Waals surface area contributed by atoms with Crippen molar-refractivity contribution in [2.75, 3.05) is 26.2 Å². The highest BCUT2D eigenvalue weighted by atomic mass is 32.1. The first kappa shape index (κ1) is 15.8. The highest BCUT2D eigenvalue weighted by Crippen LogP contribution is 2.11. The van der Waals surface area contributed by atoms with Crippen LogP contribution in [0.5, 0.6) is 0 Å². The summed E-state index contributed by atoms with van der Waals surface area (Å²) < 4.78 is 0.